The first kappa shape index (κ1) is 23.1. The molecule has 0 spiro atoms. The van der Waals surface area contributed by atoms with E-state index in [-0.39, 0.29) is 51.2 Å². The number of ether oxygens (including phenoxy) is 2. The summed E-state index contributed by atoms with van der Waals surface area (Å²) in [6, 6.07) is 1.53. The van der Waals surface area contributed by atoms with Crippen LogP contribution in [0.5, 0.6) is 11.5 Å². The zero-order valence-electron chi connectivity index (χ0n) is 15.5. The zero-order valence-corrected chi connectivity index (χ0v) is 18.5. The fraction of sp³-hybridized carbons (Fsp3) is 0.444. The highest BCUT2D eigenvalue weighted by Crippen LogP contribution is 2.41. The molecule has 0 saturated heterocycles. The maximum Gasteiger partial charge on any atom is 0.289 e. The predicted octanol–water partition coefficient (Wildman–Crippen LogP) is 5.93. The number of hydrogen-bond donors (Lipinski definition) is 0. The van der Waals surface area contributed by atoms with Crippen LogP contribution in [0.4, 0.5) is 4.39 Å². The van der Waals surface area contributed by atoms with Crippen molar-refractivity contribution in [2.75, 3.05) is 13.3 Å². The van der Waals surface area contributed by atoms with Crippen molar-refractivity contribution >= 4 is 46.4 Å². The summed E-state index contributed by atoms with van der Waals surface area (Å²) in [5, 5.41) is 4.48. The quantitative estimate of drug-likeness (QED) is 0.371. The van der Waals surface area contributed by atoms with Crippen molar-refractivity contribution in [3.8, 4) is 11.5 Å². The van der Waals surface area contributed by atoms with Crippen LogP contribution < -0.4 is 15.0 Å². The van der Waals surface area contributed by atoms with E-state index in [1.165, 1.54) is 16.9 Å². The summed E-state index contributed by atoms with van der Waals surface area (Å²) in [7, 11) is 0. The van der Waals surface area contributed by atoms with Crippen LogP contribution in [0.2, 0.25) is 20.1 Å². The molecule has 0 aliphatic carbocycles. The minimum atomic E-state index is -0.526. The number of halogens is 5. The smallest absolute Gasteiger partial charge is 0.289 e. The van der Waals surface area contributed by atoms with E-state index in [1.54, 1.807) is 0 Å². The van der Waals surface area contributed by atoms with Crippen LogP contribution in [0.3, 0.4) is 0 Å². The van der Waals surface area contributed by atoms with Gasteiger partial charge < -0.3 is 9.47 Å². The zero-order chi connectivity index (χ0) is 21.1. The fourth-order valence-electron chi connectivity index (χ4n) is 2.25. The highest BCUT2D eigenvalue weighted by molar-refractivity contribution is 6.45. The van der Waals surface area contributed by atoms with Crippen LogP contribution >= 0.6 is 46.4 Å². The molecule has 0 saturated carbocycles. The maximum atomic E-state index is 12.4. The van der Waals surface area contributed by atoms with Crippen LogP contribution in [0.25, 0.3) is 0 Å². The van der Waals surface area contributed by atoms with Gasteiger partial charge in [-0.3, -0.25) is 9.18 Å². The molecule has 28 heavy (non-hydrogen) atoms. The average Bonchev–Trinajstić information content (AvgIpc) is 2.62. The lowest BCUT2D eigenvalue weighted by Gasteiger charge is -2.21. The van der Waals surface area contributed by atoms with Gasteiger partial charge in [-0.25, -0.2) is 4.68 Å². The predicted molar refractivity (Wildman–Crippen MR) is 110 cm³/mol. The Morgan fingerprint density at radius 3 is 2.39 bits per heavy atom. The monoisotopic (exact) mass is 470 g/mol. The van der Waals surface area contributed by atoms with Gasteiger partial charge in [0.1, 0.15) is 11.6 Å². The largest absolute Gasteiger partial charge is 0.490 e. The molecule has 0 fully saturated rings. The van der Waals surface area contributed by atoms with Crippen molar-refractivity contribution in [2.45, 2.75) is 39.3 Å². The van der Waals surface area contributed by atoms with Crippen LogP contribution in [-0.4, -0.2) is 23.1 Å². The Morgan fingerprint density at radius 1 is 1.11 bits per heavy atom. The molecule has 0 aliphatic heterocycles. The second-order valence-corrected chi connectivity index (χ2v) is 8.41. The molecule has 1 heterocycles. The molecule has 0 N–H and O–H groups in total. The third-order valence-electron chi connectivity index (χ3n) is 3.62. The topological polar surface area (TPSA) is 53.4 Å². The standard InChI is InChI=1S/C18H19Cl4FN2O3/c1-18(2,3)25-17(26)14(21)12(8-24-25)28-9-10-7-11(19)16(15(22)13(10)20)27-6-4-5-23/h7-8H,4-6,9H2,1-3H3. The molecule has 2 aromatic rings. The van der Waals surface area contributed by atoms with Gasteiger partial charge in [-0.2, -0.15) is 5.10 Å². The summed E-state index contributed by atoms with van der Waals surface area (Å²) in [5.41, 5.74) is -0.530. The van der Waals surface area contributed by atoms with Crippen molar-refractivity contribution in [3.05, 3.63) is 48.3 Å². The summed E-state index contributed by atoms with van der Waals surface area (Å²) >= 11 is 24.8. The van der Waals surface area contributed by atoms with Crippen molar-refractivity contribution < 1.29 is 13.9 Å². The van der Waals surface area contributed by atoms with Crippen LogP contribution in [-0.2, 0) is 12.1 Å². The molecule has 154 valence electrons. The number of alkyl halides is 1. The molecule has 0 amide bonds. The van der Waals surface area contributed by atoms with Crippen molar-refractivity contribution in [1.29, 1.82) is 0 Å². The van der Waals surface area contributed by atoms with Gasteiger partial charge in [-0.1, -0.05) is 46.4 Å². The highest BCUT2D eigenvalue weighted by Gasteiger charge is 2.21. The Morgan fingerprint density at radius 2 is 1.79 bits per heavy atom. The Hall–Kier alpha value is -1.21. The summed E-state index contributed by atoms with van der Waals surface area (Å²) in [4.78, 5) is 12.4. The molecule has 0 atom stereocenters. The summed E-state index contributed by atoms with van der Waals surface area (Å²) in [6.07, 6.45) is 1.57. The van der Waals surface area contributed by atoms with Gasteiger partial charge in [0.15, 0.2) is 16.5 Å². The van der Waals surface area contributed by atoms with Crippen LogP contribution in [0, 0.1) is 0 Å². The lowest BCUT2D eigenvalue weighted by atomic mass is 10.1. The molecule has 2 rings (SSSR count). The van der Waals surface area contributed by atoms with Gasteiger partial charge in [-0.05, 0) is 26.8 Å². The number of benzene rings is 1. The molecule has 10 heteroatoms. The highest BCUT2D eigenvalue weighted by atomic mass is 35.5. The first-order chi connectivity index (χ1) is 13.1. The molecule has 0 radical (unpaired) electrons. The third kappa shape index (κ3) is 5.23. The molecular weight excluding hydrogens is 453 g/mol. The molecule has 0 aliphatic rings. The molecule has 1 aromatic carbocycles. The number of hydrogen-bond acceptors (Lipinski definition) is 4. The minimum Gasteiger partial charge on any atom is -0.490 e. The van der Waals surface area contributed by atoms with Crippen LogP contribution in [0.15, 0.2) is 17.1 Å². The number of aromatic nitrogens is 2. The van der Waals surface area contributed by atoms with Gasteiger partial charge in [0.2, 0.25) is 0 Å². The normalized spacial score (nSPS) is 11.6. The average molecular weight is 472 g/mol. The van der Waals surface area contributed by atoms with Crippen molar-refractivity contribution in [3.63, 3.8) is 0 Å². The van der Waals surface area contributed by atoms with Crippen molar-refractivity contribution in [2.24, 2.45) is 0 Å². The minimum absolute atomic E-state index is 0.0522. The number of rotatable bonds is 7. The summed E-state index contributed by atoms with van der Waals surface area (Å²) < 4.78 is 24.5. The first-order valence-corrected chi connectivity index (χ1v) is 9.85. The molecule has 0 bridgehead atoms. The Bertz CT molecular complexity index is 913. The Balaban J connectivity index is 2.24. The van der Waals surface area contributed by atoms with E-state index < -0.39 is 17.8 Å². The fourth-order valence-corrected chi connectivity index (χ4v) is 3.23. The van der Waals surface area contributed by atoms with Crippen molar-refractivity contribution in [1.82, 2.24) is 9.78 Å². The molecule has 0 unspecified atom stereocenters. The lowest BCUT2D eigenvalue weighted by Crippen LogP contribution is -2.36. The molecule has 5 nitrogen and oxygen atoms in total. The third-order valence-corrected chi connectivity index (χ3v) is 5.14. The van der Waals surface area contributed by atoms with E-state index >= 15 is 0 Å². The maximum absolute atomic E-state index is 12.4. The van der Waals surface area contributed by atoms with Crippen LogP contribution in [0.1, 0.15) is 32.8 Å². The van der Waals surface area contributed by atoms with E-state index in [9.17, 15) is 9.18 Å². The molecule has 1 aromatic heterocycles. The summed E-state index contributed by atoms with van der Waals surface area (Å²) in [5.74, 6) is 0.289. The van der Waals surface area contributed by atoms with E-state index in [4.69, 9.17) is 55.9 Å². The Kier molecular flexibility index (Phi) is 7.85. The molecular formula is C18H19Cl4FN2O3. The Labute approximate surface area is 182 Å². The SMILES string of the molecule is CC(C)(C)n1ncc(OCc2cc(Cl)c(OCCCF)c(Cl)c2Cl)c(Cl)c1=O. The van der Waals surface area contributed by atoms with Gasteiger partial charge in [0.25, 0.3) is 5.56 Å². The first-order valence-electron chi connectivity index (χ1n) is 8.34. The van der Waals surface area contributed by atoms with Gasteiger partial charge in [0.05, 0.1) is 35.1 Å². The van der Waals surface area contributed by atoms with E-state index in [0.29, 0.717) is 5.56 Å². The lowest BCUT2D eigenvalue weighted by molar-refractivity contribution is 0.287. The van der Waals surface area contributed by atoms with E-state index in [0.717, 1.165) is 0 Å². The number of nitrogens with zero attached hydrogens (tertiary/aromatic N) is 2. The second kappa shape index (κ2) is 9.53. The van der Waals surface area contributed by atoms with Gasteiger partial charge in [0, 0.05) is 12.0 Å². The van der Waals surface area contributed by atoms with Gasteiger partial charge >= 0.3 is 0 Å². The second-order valence-electron chi connectivity index (χ2n) is 6.86. The van der Waals surface area contributed by atoms with E-state index in [1.807, 2.05) is 20.8 Å². The van der Waals surface area contributed by atoms with E-state index in [2.05, 4.69) is 5.10 Å². The van der Waals surface area contributed by atoms with Gasteiger partial charge in [-0.15, -0.1) is 0 Å². The summed E-state index contributed by atoms with van der Waals surface area (Å²) in [6.45, 7) is 5.05.